The first kappa shape index (κ1) is 23.1. The Labute approximate surface area is 212 Å². The molecule has 35 heavy (non-hydrogen) atoms. The molecule has 0 aliphatic carbocycles. The number of nitrogens with zero attached hydrogens (tertiary/aromatic N) is 1. The number of aromatic nitrogens is 1. The predicted molar refractivity (Wildman–Crippen MR) is 143 cm³/mol. The Morgan fingerprint density at radius 3 is 2.43 bits per heavy atom. The maximum Gasteiger partial charge on any atom is 0.300 e. The molecule has 0 saturated carbocycles. The number of H-pyrrole nitrogens is 1. The van der Waals surface area contributed by atoms with Crippen LogP contribution in [0.15, 0.2) is 76.8 Å². The molecule has 1 aliphatic heterocycles. The Bertz CT molecular complexity index is 1510. The van der Waals surface area contributed by atoms with Gasteiger partial charge in [0.15, 0.2) is 0 Å². The molecule has 1 aromatic heterocycles. The Morgan fingerprint density at radius 2 is 1.74 bits per heavy atom. The fourth-order valence-corrected chi connectivity index (χ4v) is 5.11. The van der Waals surface area contributed by atoms with Crippen molar-refractivity contribution in [2.24, 2.45) is 0 Å². The number of ketones is 1. The van der Waals surface area contributed by atoms with Crippen molar-refractivity contribution in [3.8, 4) is 0 Å². The fraction of sp³-hybridized carbons (Fsp3) is 0.172. The number of aliphatic hydroxyl groups excluding tert-OH is 1. The van der Waals surface area contributed by atoms with E-state index in [4.69, 9.17) is 0 Å². The molecule has 1 saturated heterocycles. The van der Waals surface area contributed by atoms with E-state index in [1.165, 1.54) is 4.90 Å². The Hall–Kier alpha value is -3.64. The average molecular weight is 529 g/mol. The van der Waals surface area contributed by atoms with Crippen LogP contribution in [0.1, 0.15) is 40.9 Å². The van der Waals surface area contributed by atoms with Crippen molar-refractivity contribution in [3.63, 3.8) is 0 Å². The van der Waals surface area contributed by atoms with Crippen LogP contribution in [0.5, 0.6) is 0 Å². The number of rotatable bonds is 4. The number of carbonyl (C=O) groups is 2. The molecule has 0 spiro atoms. The highest BCUT2D eigenvalue weighted by atomic mass is 79.9. The molecule has 3 aromatic carbocycles. The highest BCUT2D eigenvalue weighted by molar-refractivity contribution is 9.10. The van der Waals surface area contributed by atoms with E-state index in [1.807, 2.05) is 74.5 Å². The standard InChI is InChI=1S/C29H25BrN2O3/c1-4-18-9-12-20(13-10-18)32-26(24-17(3)31-23-8-6-5-7-21(23)24)25(28(34)29(32)35)27(33)19-11-14-22(30)16(2)15-19/h5-15,26,31,33H,4H2,1-3H3/b27-25+. The lowest BCUT2D eigenvalue weighted by Gasteiger charge is -2.26. The first-order chi connectivity index (χ1) is 16.8. The predicted octanol–water partition coefficient (Wildman–Crippen LogP) is 6.74. The Kier molecular flexibility index (Phi) is 5.85. The van der Waals surface area contributed by atoms with Gasteiger partial charge < -0.3 is 10.1 Å². The van der Waals surface area contributed by atoms with E-state index in [0.717, 1.165) is 44.2 Å². The molecule has 1 unspecified atom stereocenters. The molecular formula is C29H25BrN2O3. The summed E-state index contributed by atoms with van der Waals surface area (Å²) in [6.45, 7) is 5.91. The molecule has 1 fully saturated rings. The smallest absolute Gasteiger partial charge is 0.300 e. The summed E-state index contributed by atoms with van der Waals surface area (Å²) >= 11 is 3.48. The number of para-hydroxylation sites is 1. The highest BCUT2D eigenvalue weighted by Crippen LogP contribution is 2.45. The molecule has 1 amide bonds. The van der Waals surface area contributed by atoms with E-state index in [0.29, 0.717) is 11.3 Å². The number of amides is 1. The van der Waals surface area contributed by atoms with Crippen molar-refractivity contribution < 1.29 is 14.7 Å². The van der Waals surface area contributed by atoms with Crippen molar-refractivity contribution >= 4 is 50.0 Å². The average Bonchev–Trinajstić information content (AvgIpc) is 3.32. The number of aliphatic hydroxyl groups is 1. The molecular weight excluding hydrogens is 504 g/mol. The largest absolute Gasteiger partial charge is 0.507 e. The van der Waals surface area contributed by atoms with Gasteiger partial charge in [-0.3, -0.25) is 14.5 Å². The third kappa shape index (κ3) is 3.78. The van der Waals surface area contributed by atoms with Gasteiger partial charge in [0.2, 0.25) is 0 Å². The van der Waals surface area contributed by atoms with E-state index in [-0.39, 0.29) is 11.3 Å². The van der Waals surface area contributed by atoms with E-state index in [9.17, 15) is 14.7 Å². The van der Waals surface area contributed by atoms with Gasteiger partial charge in [0, 0.05) is 37.9 Å². The minimum Gasteiger partial charge on any atom is -0.507 e. The molecule has 176 valence electrons. The number of fused-ring (bicyclic) bond motifs is 1. The summed E-state index contributed by atoms with van der Waals surface area (Å²) in [4.78, 5) is 31.9. The highest BCUT2D eigenvalue weighted by Gasteiger charge is 2.48. The van der Waals surface area contributed by atoms with Crippen LogP contribution in [-0.4, -0.2) is 21.8 Å². The molecule has 0 bridgehead atoms. The minimum absolute atomic E-state index is 0.0872. The molecule has 5 nitrogen and oxygen atoms in total. The Morgan fingerprint density at radius 1 is 1.03 bits per heavy atom. The van der Waals surface area contributed by atoms with Crippen LogP contribution in [0.25, 0.3) is 16.7 Å². The van der Waals surface area contributed by atoms with Gasteiger partial charge in [-0.25, -0.2) is 0 Å². The third-order valence-electron chi connectivity index (χ3n) is 6.72. The quantitative estimate of drug-likeness (QED) is 0.175. The van der Waals surface area contributed by atoms with Crippen LogP contribution in [0.4, 0.5) is 5.69 Å². The number of aryl methyl sites for hydroxylation is 3. The Balaban J connectivity index is 1.80. The van der Waals surface area contributed by atoms with Gasteiger partial charge >= 0.3 is 0 Å². The number of hydrogen-bond acceptors (Lipinski definition) is 3. The summed E-state index contributed by atoms with van der Waals surface area (Å²) in [7, 11) is 0. The normalized spacial score (nSPS) is 17.5. The first-order valence-electron chi connectivity index (χ1n) is 11.6. The molecule has 6 heteroatoms. The fourth-order valence-electron chi connectivity index (χ4n) is 4.86. The molecule has 2 heterocycles. The number of carbonyl (C=O) groups excluding carboxylic acids is 2. The van der Waals surface area contributed by atoms with Crippen LogP contribution in [-0.2, 0) is 16.0 Å². The van der Waals surface area contributed by atoms with Crippen LogP contribution in [0.2, 0.25) is 0 Å². The van der Waals surface area contributed by atoms with Gasteiger partial charge in [-0.1, -0.05) is 59.3 Å². The topological polar surface area (TPSA) is 73.4 Å². The summed E-state index contributed by atoms with van der Waals surface area (Å²) in [5, 5.41) is 12.4. The zero-order valence-corrected chi connectivity index (χ0v) is 21.3. The van der Waals surface area contributed by atoms with Crippen LogP contribution in [0.3, 0.4) is 0 Å². The first-order valence-corrected chi connectivity index (χ1v) is 12.3. The third-order valence-corrected chi connectivity index (χ3v) is 7.61. The monoisotopic (exact) mass is 528 g/mol. The number of halogens is 1. The molecule has 1 atom stereocenters. The van der Waals surface area contributed by atoms with Gasteiger partial charge in [0.25, 0.3) is 11.7 Å². The van der Waals surface area contributed by atoms with Crippen LogP contribution < -0.4 is 4.90 Å². The van der Waals surface area contributed by atoms with E-state index >= 15 is 0 Å². The van der Waals surface area contributed by atoms with E-state index < -0.39 is 17.7 Å². The number of hydrogen-bond donors (Lipinski definition) is 2. The second-order valence-corrected chi connectivity index (χ2v) is 9.72. The SMILES string of the molecule is CCc1ccc(N2C(=O)C(=O)/C(=C(/O)c3ccc(Br)c(C)c3)C2c2c(C)[nH]c3ccccc23)cc1. The molecule has 4 aromatic rings. The van der Waals surface area contributed by atoms with Gasteiger partial charge in [-0.05, 0) is 61.7 Å². The number of aromatic amines is 1. The number of benzene rings is 3. The van der Waals surface area contributed by atoms with Gasteiger partial charge in [-0.15, -0.1) is 0 Å². The summed E-state index contributed by atoms with van der Waals surface area (Å²) in [5.74, 6) is -1.53. The molecule has 5 rings (SSSR count). The maximum atomic E-state index is 13.5. The van der Waals surface area contributed by atoms with Gasteiger partial charge in [0.05, 0.1) is 11.6 Å². The summed E-state index contributed by atoms with van der Waals surface area (Å²) in [6, 6.07) is 20.1. The summed E-state index contributed by atoms with van der Waals surface area (Å²) in [5.41, 5.74) is 5.79. The molecule has 2 N–H and O–H groups in total. The minimum atomic E-state index is -0.775. The van der Waals surface area contributed by atoms with Crippen molar-refractivity contribution in [3.05, 3.63) is 105 Å². The number of nitrogens with one attached hydrogen (secondary N) is 1. The second-order valence-electron chi connectivity index (χ2n) is 8.86. The zero-order chi connectivity index (χ0) is 24.9. The zero-order valence-electron chi connectivity index (χ0n) is 19.7. The molecule has 0 radical (unpaired) electrons. The van der Waals surface area contributed by atoms with Gasteiger partial charge in [-0.2, -0.15) is 0 Å². The van der Waals surface area contributed by atoms with E-state index in [1.54, 1.807) is 6.07 Å². The summed E-state index contributed by atoms with van der Waals surface area (Å²) in [6.07, 6.45) is 0.868. The maximum absolute atomic E-state index is 13.5. The van der Waals surface area contributed by atoms with Gasteiger partial charge in [0.1, 0.15) is 5.76 Å². The second kappa shape index (κ2) is 8.86. The van der Waals surface area contributed by atoms with Crippen LogP contribution >= 0.6 is 15.9 Å². The van der Waals surface area contributed by atoms with Crippen molar-refractivity contribution in [1.29, 1.82) is 0 Å². The number of anilines is 1. The van der Waals surface area contributed by atoms with Crippen molar-refractivity contribution in [2.45, 2.75) is 33.2 Å². The lowest BCUT2D eigenvalue weighted by Crippen LogP contribution is -2.29. The number of Topliss-reactive ketones (excluding diaryl/α,β-unsaturated/α-hetero) is 1. The molecule has 1 aliphatic rings. The lowest BCUT2D eigenvalue weighted by atomic mass is 9.93. The van der Waals surface area contributed by atoms with E-state index in [2.05, 4.69) is 27.8 Å². The summed E-state index contributed by atoms with van der Waals surface area (Å²) < 4.78 is 0.898. The van der Waals surface area contributed by atoms with Crippen molar-refractivity contribution in [1.82, 2.24) is 4.98 Å². The lowest BCUT2D eigenvalue weighted by molar-refractivity contribution is -0.132. The van der Waals surface area contributed by atoms with Crippen molar-refractivity contribution in [2.75, 3.05) is 4.90 Å². The van der Waals surface area contributed by atoms with Crippen LogP contribution in [0, 0.1) is 13.8 Å².